The van der Waals surface area contributed by atoms with Crippen molar-refractivity contribution in [1.82, 2.24) is 4.57 Å². The molecule has 0 saturated carbocycles. The van der Waals surface area contributed by atoms with Crippen LogP contribution >= 0.6 is 0 Å². The molecule has 1 aliphatic rings. The molecule has 0 radical (unpaired) electrons. The molecule has 0 aliphatic heterocycles. The zero-order valence-corrected chi connectivity index (χ0v) is 30.7. The molecule has 1 atom stereocenters. The molecular formula is C53H41N. The first-order valence-corrected chi connectivity index (χ1v) is 19.1. The Morgan fingerprint density at radius 2 is 0.981 bits per heavy atom. The maximum atomic E-state index is 2.48. The van der Waals surface area contributed by atoms with Crippen LogP contribution in [0.15, 0.2) is 194 Å². The highest BCUT2D eigenvalue weighted by Crippen LogP contribution is 2.49. The van der Waals surface area contributed by atoms with Crippen molar-refractivity contribution in [3.8, 4) is 39.1 Å². The van der Waals surface area contributed by atoms with Gasteiger partial charge in [-0.25, -0.2) is 0 Å². The van der Waals surface area contributed by atoms with Gasteiger partial charge in [0.15, 0.2) is 0 Å². The number of rotatable bonds is 7. The van der Waals surface area contributed by atoms with Crippen LogP contribution in [0, 0.1) is 0 Å². The molecule has 0 spiro atoms. The summed E-state index contributed by atoms with van der Waals surface area (Å²) in [5.41, 5.74) is 18.2. The second-order valence-corrected chi connectivity index (χ2v) is 15.3. The van der Waals surface area contributed by atoms with Gasteiger partial charge in [0.25, 0.3) is 0 Å². The van der Waals surface area contributed by atoms with Crippen LogP contribution in [0.4, 0.5) is 0 Å². The Labute approximate surface area is 317 Å². The molecule has 1 heterocycles. The molecule has 0 saturated heterocycles. The molecule has 258 valence electrons. The number of hydrogen-bond donors (Lipinski definition) is 0. The fourth-order valence-electron chi connectivity index (χ4n) is 9.00. The quantitative estimate of drug-likeness (QED) is 0.157. The lowest BCUT2D eigenvalue weighted by Crippen LogP contribution is -2.15. The highest BCUT2D eigenvalue weighted by atomic mass is 15.0. The van der Waals surface area contributed by atoms with Gasteiger partial charge < -0.3 is 4.57 Å². The molecule has 8 aromatic carbocycles. The Bertz CT molecular complexity index is 2790. The van der Waals surface area contributed by atoms with E-state index in [-0.39, 0.29) is 11.3 Å². The van der Waals surface area contributed by atoms with Gasteiger partial charge in [-0.05, 0) is 98.0 Å². The summed E-state index contributed by atoms with van der Waals surface area (Å²) in [4.78, 5) is 0. The van der Waals surface area contributed by atoms with Crippen LogP contribution in [-0.2, 0) is 11.8 Å². The summed E-state index contributed by atoms with van der Waals surface area (Å²) in [6.45, 7) is 4.74. The molecular weight excluding hydrogens is 651 g/mol. The monoisotopic (exact) mass is 691 g/mol. The highest BCUT2D eigenvalue weighted by molar-refractivity contribution is 6.10. The lowest BCUT2D eigenvalue weighted by Gasteiger charge is -2.23. The Morgan fingerprint density at radius 1 is 0.426 bits per heavy atom. The maximum Gasteiger partial charge on any atom is 0.0541 e. The summed E-state index contributed by atoms with van der Waals surface area (Å²) in [5, 5.41) is 2.54. The van der Waals surface area contributed by atoms with Crippen molar-refractivity contribution in [3.05, 3.63) is 222 Å². The summed E-state index contributed by atoms with van der Waals surface area (Å²) in [6.07, 6.45) is 0.925. The van der Waals surface area contributed by atoms with E-state index in [9.17, 15) is 0 Å². The van der Waals surface area contributed by atoms with Gasteiger partial charge >= 0.3 is 0 Å². The predicted molar refractivity (Wildman–Crippen MR) is 228 cm³/mol. The number of nitrogens with zero attached hydrogens (tertiary/aromatic N) is 1. The van der Waals surface area contributed by atoms with Crippen molar-refractivity contribution in [2.75, 3.05) is 0 Å². The van der Waals surface area contributed by atoms with E-state index in [1.165, 1.54) is 88.7 Å². The predicted octanol–water partition coefficient (Wildman–Crippen LogP) is 13.8. The number of para-hydroxylation sites is 2. The average Bonchev–Trinajstić information content (AvgIpc) is 3.68. The zero-order chi connectivity index (χ0) is 36.2. The van der Waals surface area contributed by atoms with E-state index in [1.807, 2.05) is 0 Å². The van der Waals surface area contributed by atoms with Crippen LogP contribution in [0.2, 0.25) is 0 Å². The number of hydrogen-bond acceptors (Lipinski definition) is 0. The summed E-state index contributed by atoms with van der Waals surface area (Å²) in [5.74, 6) is 0.208. The fraction of sp³-hybridized carbons (Fsp3) is 0.0943. The molecule has 9 aromatic rings. The van der Waals surface area contributed by atoms with Gasteiger partial charge in [0.1, 0.15) is 0 Å². The fourth-order valence-corrected chi connectivity index (χ4v) is 9.00. The van der Waals surface area contributed by atoms with Gasteiger partial charge in [-0.1, -0.05) is 178 Å². The van der Waals surface area contributed by atoms with E-state index < -0.39 is 0 Å². The van der Waals surface area contributed by atoms with E-state index in [1.54, 1.807) is 0 Å². The maximum absolute atomic E-state index is 2.48. The summed E-state index contributed by atoms with van der Waals surface area (Å²) < 4.78 is 2.38. The number of aromatic nitrogens is 1. The van der Waals surface area contributed by atoms with Crippen molar-refractivity contribution in [2.45, 2.75) is 31.6 Å². The third-order valence-electron chi connectivity index (χ3n) is 11.8. The van der Waals surface area contributed by atoms with Crippen molar-refractivity contribution < 1.29 is 0 Å². The molecule has 54 heavy (non-hydrogen) atoms. The molecule has 10 rings (SSSR count). The first-order valence-electron chi connectivity index (χ1n) is 19.1. The molecule has 1 nitrogen and oxygen atoms in total. The minimum Gasteiger partial charge on any atom is -0.309 e. The Hall–Kier alpha value is -6.44. The third kappa shape index (κ3) is 5.39. The van der Waals surface area contributed by atoms with Gasteiger partial charge in [-0.15, -0.1) is 0 Å². The lowest BCUT2D eigenvalue weighted by molar-refractivity contribution is 0.658. The summed E-state index contributed by atoms with van der Waals surface area (Å²) in [6, 6.07) is 71.8. The lowest BCUT2D eigenvalue weighted by atomic mass is 9.80. The molecule has 1 aliphatic carbocycles. The Morgan fingerprint density at radius 3 is 1.72 bits per heavy atom. The van der Waals surface area contributed by atoms with Crippen LogP contribution in [0.5, 0.6) is 0 Å². The highest BCUT2D eigenvalue weighted by Gasteiger charge is 2.35. The minimum absolute atomic E-state index is 0.0229. The molecule has 0 fully saturated rings. The second-order valence-electron chi connectivity index (χ2n) is 15.3. The van der Waals surface area contributed by atoms with Gasteiger partial charge in [0.2, 0.25) is 0 Å². The molecule has 0 bridgehead atoms. The number of fused-ring (bicyclic) bond motifs is 6. The normalized spacial score (nSPS) is 13.5. The topological polar surface area (TPSA) is 4.93 Å². The van der Waals surface area contributed by atoms with Crippen molar-refractivity contribution in [1.29, 1.82) is 0 Å². The third-order valence-corrected chi connectivity index (χ3v) is 11.8. The van der Waals surface area contributed by atoms with E-state index in [0.717, 1.165) is 6.42 Å². The van der Waals surface area contributed by atoms with Crippen LogP contribution in [0.25, 0.3) is 60.9 Å². The van der Waals surface area contributed by atoms with E-state index in [0.29, 0.717) is 0 Å². The molecule has 1 aromatic heterocycles. The van der Waals surface area contributed by atoms with Crippen molar-refractivity contribution >= 4 is 21.8 Å². The van der Waals surface area contributed by atoms with Crippen LogP contribution in [0.3, 0.4) is 0 Å². The van der Waals surface area contributed by atoms with Gasteiger partial charge in [-0.3, -0.25) is 0 Å². The van der Waals surface area contributed by atoms with Crippen LogP contribution in [0.1, 0.15) is 47.6 Å². The van der Waals surface area contributed by atoms with Crippen molar-refractivity contribution in [3.63, 3.8) is 0 Å². The van der Waals surface area contributed by atoms with E-state index in [2.05, 4.69) is 213 Å². The molecule has 1 unspecified atom stereocenters. The molecule has 0 amide bonds. The number of benzene rings is 8. The first kappa shape index (κ1) is 32.2. The summed E-state index contributed by atoms with van der Waals surface area (Å²) in [7, 11) is 0. The first-order chi connectivity index (χ1) is 26.5. The van der Waals surface area contributed by atoms with Crippen molar-refractivity contribution in [2.24, 2.45) is 0 Å². The standard InChI is InChI=1S/C53H41N/c1-53(2)49-19-11-9-17-44(49)45-31-21-36(34-50(45)53)33-47(40-26-22-38(23-27-40)37-13-5-3-6-14-37)41-28-24-39(25-29-41)42-30-32-52-48(35-42)46-18-10-12-20-51(46)54(52)43-15-7-4-8-16-43/h3-32,34-35,47H,33H2,1-2H3. The van der Waals surface area contributed by atoms with E-state index >= 15 is 0 Å². The van der Waals surface area contributed by atoms with Gasteiger partial charge in [0, 0.05) is 27.8 Å². The molecule has 1 heteroatoms. The molecule has 0 N–H and O–H groups in total. The summed E-state index contributed by atoms with van der Waals surface area (Å²) >= 11 is 0. The van der Waals surface area contributed by atoms with Gasteiger partial charge in [0.05, 0.1) is 11.0 Å². The second kappa shape index (κ2) is 12.9. The Kier molecular flexibility index (Phi) is 7.70. The largest absolute Gasteiger partial charge is 0.309 e. The van der Waals surface area contributed by atoms with Crippen LogP contribution in [-0.4, -0.2) is 4.57 Å². The smallest absolute Gasteiger partial charge is 0.0541 e. The zero-order valence-electron chi connectivity index (χ0n) is 30.7. The average molecular weight is 692 g/mol. The van der Waals surface area contributed by atoms with E-state index in [4.69, 9.17) is 0 Å². The van der Waals surface area contributed by atoms with Crippen LogP contribution < -0.4 is 0 Å². The SMILES string of the molecule is CC1(C)c2ccccc2-c2ccc(CC(c3ccc(-c4ccccc4)cc3)c3ccc(-c4ccc5c(c4)c4ccccc4n5-c4ccccc4)cc3)cc21. The minimum atomic E-state index is -0.0229. The van der Waals surface area contributed by atoms with Gasteiger partial charge in [-0.2, -0.15) is 0 Å². The Balaban J connectivity index is 1.03.